The summed E-state index contributed by atoms with van der Waals surface area (Å²) in [6.07, 6.45) is 0. The lowest BCUT2D eigenvalue weighted by molar-refractivity contribution is 0.0939. The first-order valence-electron chi connectivity index (χ1n) is 6.12. The Morgan fingerprint density at radius 2 is 1.90 bits per heavy atom. The average Bonchev–Trinajstić information content (AvgIpc) is 2.42. The summed E-state index contributed by atoms with van der Waals surface area (Å²) in [6, 6.07) is 12.0. The Balaban J connectivity index is 2.10. The second-order valence-electron chi connectivity index (χ2n) is 4.52. The van der Waals surface area contributed by atoms with E-state index in [1.165, 1.54) is 12.1 Å². The standard InChI is InChI=1S/C15H15BrN2O2/c1-9(10-2-5-12(16)6-3-10)18-15(20)11-4-7-13(17)14(19)8-11/h2-9,19H,17H2,1H3,(H,18,20)/t9-/m1/s1. The molecule has 2 aromatic carbocycles. The van der Waals surface area contributed by atoms with E-state index in [2.05, 4.69) is 21.2 Å². The van der Waals surface area contributed by atoms with Crippen LogP contribution in [0.5, 0.6) is 5.75 Å². The number of rotatable bonds is 3. The molecule has 0 saturated carbocycles. The summed E-state index contributed by atoms with van der Waals surface area (Å²) in [5.74, 6) is -0.343. The summed E-state index contributed by atoms with van der Waals surface area (Å²) in [7, 11) is 0. The minimum Gasteiger partial charge on any atom is -0.506 e. The molecular formula is C15H15BrN2O2. The van der Waals surface area contributed by atoms with Gasteiger partial charge in [0.05, 0.1) is 11.7 Å². The molecule has 4 nitrogen and oxygen atoms in total. The minimum atomic E-state index is -0.254. The summed E-state index contributed by atoms with van der Waals surface area (Å²) in [6.45, 7) is 1.90. The fourth-order valence-electron chi connectivity index (χ4n) is 1.80. The Labute approximate surface area is 125 Å². The third-order valence-electron chi connectivity index (χ3n) is 3.01. The maximum Gasteiger partial charge on any atom is 0.251 e. The van der Waals surface area contributed by atoms with E-state index in [0.29, 0.717) is 5.56 Å². The van der Waals surface area contributed by atoms with Gasteiger partial charge >= 0.3 is 0 Å². The lowest BCUT2D eigenvalue weighted by Gasteiger charge is -2.14. The number of halogens is 1. The van der Waals surface area contributed by atoms with Crippen LogP contribution in [0.3, 0.4) is 0 Å². The zero-order valence-electron chi connectivity index (χ0n) is 10.9. The van der Waals surface area contributed by atoms with Gasteiger partial charge in [-0.25, -0.2) is 0 Å². The first-order chi connectivity index (χ1) is 9.47. The van der Waals surface area contributed by atoms with Crippen LogP contribution in [0.4, 0.5) is 5.69 Å². The Kier molecular flexibility index (Phi) is 4.29. The number of hydrogen-bond acceptors (Lipinski definition) is 3. The molecule has 2 rings (SSSR count). The van der Waals surface area contributed by atoms with E-state index in [9.17, 15) is 9.90 Å². The SMILES string of the molecule is C[C@@H](NC(=O)c1ccc(N)c(O)c1)c1ccc(Br)cc1. The van der Waals surface area contributed by atoms with Crippen LogP contribution < -0.4 is 11.1 Å². The van der Waals surface area contributed by atoms with Gasteiger partial charge in [0.25, 0.3) is 5.91 Å². The minimum absolute atomic E-state index is 0.0889. The molecule has 0 fully saturated rings. The van der Waals surface area contributed by atoms with E-state index in [0.717, 1.165) is 10.0 Å². The van der Waals surface area contributed by atoms with Crippen LogP contribution in [0.1, 0.15) is 28.9 Å². The Morgan fingerprint density at radius 3 is 2.50 bits per heavy atom. The van der Waals surface area contributed by atoms with Crippen LogP contribution in [0.15, 0.2) is 46.9 Å². The Morgan fingerprint density at radius 1 is 1.25 bits per heavy atom. The van der Waals surface area contributed by atoms with Crippen molar-refractivity contribution in [3.63, 3.8) is 0 Å². The van der Waals surface area contributed by atoms with E-state index in [-0.39, 0.29) is 23.4 Å². The van der Waals surface area contributed by atoms with Gasteiger partial charge in [0, 0.05) is 10.0 Å². The predicted octanol–water partition coefficient (Wildman–Crippen LogP) is 3.23. The van der Waals surface area contributed by atoms with E-state index in [4.69, 9.17) is 5.73 Å². The van der Waals surface area contributed by atoms with Crippen molar-refractivity contribution in [2.24, 2.45) is 0 Å². The van der Waals surface area contributed by atoms with Crippen molar-refractivity contribution < 1.29 is 9.90 Å². The molecule has 4 N–H and O–H groups in total. The van der Waals surface area contributed by atoms with Crippen LogP contribution in [0.2, 0.25) is 0 Å². The molecule has 5 heteroatoms. The van der Waals surface area contributed by atoms with Crippen LogP contribution in [-0.2, 0) is 0 Å². The number of hydrogen-bond donors (Lipinski definition) is 3. The highest BCUT2D eigenvalue weighted by Crippen LogP contribution is 2.21. The lowest BCUT2D eigenvalue weighted by atomic mass is 10.1. The fourth-order valence-corrected chi connectivity index (χ4v) is 2.06. The lowest BCUT2D eigenvalue weighted by Crippen LogP contribution is -2.26. The van der Waals surface area contributed by atoms with E-state index >= 15 is 0 Å². The highest BCUT2D eigenvalue weighted by atomic mass is 79.9. The monoisotopic (exact) mass is 334 g/mol. The Hall–Kier alpha value is -2.01. The van der Waals surface area contributed by atoms with Crippen molar-refractivity contribution in [1.29, 1.82) is 0 Å². The van der Waals surface area contributed by atoms with Gasteiger partial charge in [0.15, 0.2) is 0 Å². The van der Waals surface area contributed by atoms with Crippen LogP contribution in [0, 0.1) is 0 Å². The van der Waals surface area contributed by atoms with E-state index in [1.807, 2.05) is 31.2 Å². The first kappa shape index (κ1) is 14.4. The number of nitrogens with one attached hydrogen (secondary N) is 1. The van der Waals surface area contributed by atoms with E-state index < -0.39 is 0 Å². The van der Waals surface area contributed by atoms with Crippen LogP contribution in [-0.4, -0.2) is 11.0 Å². The molecule has 0 unspecified atom stereocenters. The predicted molar refractivity (Wildman–Crippen MR) is 82.5 cm³/mol. The number of amides is 1. The average molecular weight is 335 g/mol. The molecule has 0 aliphatic rings. The normalized spacial score (nSPS) is 11.9. The van der Waals surface area contributed by atoms with Crippen LogP contribution >= 0.6 is 15.9 Å². The van der Waals surface area contributed by atoms with Gasteiger partial charge in [0.2, 0.25) is 0 Å². The van der Waals surface area contributed by atoms with Crippen molar-refractivity contribution in [1.82, 2.24) is 5.32 Å². The molecule has 0 aliphatic heterocycles. The molecule has 0 aromatic heterocycles. The summed E-state index contributed by atoms with van der Waals surface area (Å²) < 4.78 is 0.989. The van der Waals surface area contributed by atoms with Gasteiger partial charge in [-0.2, -0.15) is 0 Å². The van der Waals surface area contributed by atoms with Gasteiger partial charge in [-0.1, -0.05) is 28.1 Å². The second-order valence-corrected chi connectivity index (χ2v) is 5.44. The zero-order chi connectivity index (χ0) is 14.7. The second kappa shape index (κ2) is 5.96. The van der Waals surface area contributed by atoms with Crippen LogP contribution in [0.25, 0.3) is 0 Å². The quantitative estimate of drug-likeness (QED) is 0.595. The molecule has 0 heterocycles. The maximum atomic E-state index is 12.1. The number of nitrogen functional groups attached to an aromatic ring is 1. The summed E-state index contributed by atoms with van der Waals surface area (Å²) in [5.41, 5.74) is 7.14. The van der Waals surface area contributed by atoms with Crippen molar-refractivity contribution >= 4 is 27.5 Å². The molecule has 0 bridgehead atoms. The summed E-state index contributed by atoms with van der Waals surface area (Å²) >= 11 is 3.37. The highest BCUT2D eigenvalue weighted by Gasteiger charge is 2.12. The Bertz CT molecular complexity index is 626. The number of phenols is 1. The van der Waals surface area contributed by atoms with E-state index in [1.54, 1.807) is 6.07 Å². The van der Waals surface area contributed by atoms with Crippen molar-refractivity contribution in [2.75, 3.05) is 5.73 Å². The third kappa shape index (κ3) is 3.30. The smallest absolute Gasteiger partial charge is 0.251 e. The first-order valence-corrected chi connectivity index (χ1v) is 6.91. The van der Waals surface area contributed by atoms with Gasteiger partial charge in [-0.3, -0.25) is 4.79 Å². The molecular weight excluding hydrogens is 320 g/mol. The molecule has 1 amide bonds. The van der Waals surface area contributed by atoms with Gasteiger partial charge in [0.1, 0.15) is 5.75 Å². The molecule has 20 heavy (non-hydrogen) atoms. The number of benzene rings is 2. The largest absolute Gasteiger partial charge is 0.506 e. The summed E-state index contributed by atoms with van der Waals surface area (Å²) in [4.78, 5) is 12.1. The fraction of sp³-hybridized carbons (Fsp3) is 0.133. The molecule has 1 atom stereocenters. The topological polar surface area (TPSA) is 75.4 Å². The van der Waals surface area contributed by atoms with Crippen molar-refractivity contribution in [3.05, 3.63) is 58.1 Å². The van der Waals surface area contributed by atoms with Crippen molar-refractivity contribution in [3.8, 4) is 5.75 Å². The molecule has 0 spiro atoms. The highest BCUT2D eigenvalue weighted by molar-refractivity contribution is 9.10. The summed E-state index contributed by atoms with van der Waals surface area (Å²) in [5, 5.41) is 12.4. The van der Waals surface area contributed by atoms with Crippen molar-refractivity contribution in [2.45, 2.75) is 13.0 Å². The molecule has 0 aliphatic carbocycles. The number of phenolic OH excluding ortho intramolecular Hbond substituents is 1. The molecule has 2 aromatic rings. The third-order valence-corrected chi connectivity index (χ3v) is 3.54. The number of nitrogens with two attached hydrogens (primary N) is 1. The molecule has 0 saturated heterocycles. The number of carbonyl (C=O) groups excluding carboxylic acids is 1. The van der Waals surface area contributed by atoms with Gasteiger partial charge in [-0.05, 0) is 42.8 Å². The maximum absolute atomic E-state index is 12.1. The van der Waals surface area contributed by atoms with Gasteiger partial charge in [-0.15, -0.1) is 0 Å². The zero-order valence-corrected chi connectivity index (χ0v) is 12.5. The van der Waals surface area contributed by atoms with Gasteiger partial charge < -0.3 is 16.2 Å². The molecule has 0 radical (unpaired) electrons. The number of aromatic hydroxyl groups is 1. The molecule has 104 valence electrons. The number of carbonyl (C=O) groups is 1. The number of anilines is 1.